The van der Waals surface area contributed by atoms with Crippen LogP contribution in [0.2, 0.25) is 0 Å². The second kappa shape index (κ2) is 7.69. The van der Waals surface area contributed by atoms with Crippen LogP contribution in [-0.2, 0) is 16.6 Å². The zero-order valence-electron chi connectivity index (χ0n) is 14.1. The number of hydrogen-bond acceptors (Lipinski definition) is 3. The molecular weight excluding hydrogens is 369 g/mol. The van der Waals surface area contributed by atoms with E-state index in [4.69, 9.17) is 0 Å². The maximum atomic E-state index is 13.3. The Morgan fingerprint density at radius 1 is 0.926 bits per heavy atom. The lowest BCUT2D eigenvalue weighted by Crippen LogP contribution is -2.23. The predicted octanol–water partition coefficient (Wildman–Crippen LogP) is 3.67. The van der Waals surface area contributed by atoms with Crippen LogP contribution in [0.4, 0.5) is 4.39 Å². The van der Waals surface area contributed by atoms with E-state index in [0.717, 1.165) is 12.1 Å². The molecule has 0 bridgehead atoms. The third kappa shape index (κ3) is 4.21. The quantitative estimate of drug-likeness (QED) is 0.678. The van der Waals surface area contributed by atoms with Crippen molar-refractivity contribution in [1.29, 1.82) is 0 Å². The number of rotatable bonds is 6. The summed E-state index contributed by atoms with van der Waals surface area (Å²) in [6.07, 6.45) is 0. The van der Waals surface area contributed by atoms with Crippen molar-refractivity contribution in [2.24, 2.45) is 0 Å². The van der Waals surface area contributed by atoms with Crippen LogP contribution in [0.25, 0.3) is 11.1 Å². The van der Waals surface area contributed by atoms with Crippen molar-refractivity contribution < 1.29 is 22.7 Å². The fraction of sp³-hybridized carbons (Fsp3) is 0.0500. The first-order valence-electron chi connectivity index (χ1n) is 8.04. The topological polar surface area (TPSA) is 83.5 Å². The van der Waals surface area contributed by atoms with Crippen LogP contribution in [0.15, 0.2) is 77.7 Å². The van der Waals surface area contributed by atoms with Crippen molar-refractivity contribution in [3.05, 3.63) is 89.7 Å². The van der Waals surface area contributed by atoms with E-state index in [1.807, 2.05) is 0 Å². The van der Waals surface area contributed by atoms with Gasteiger partial charge in [0.1, 0.15) is 5.82 Å². The van der Waals surface area contributed by atoms with Crippen molar-refractivity contribution in [3.8, 4) is 11.1 Å². The minimum atomic E-state index is -3.91. The molecule has 3 rings (SSSR count). The number of hydrogen-bond donors (Lipinski definition) is 2. The Bertz CT molecular complexity index is 1100. The number of carbonyl (C=O) groups is 1. The lowest BCUT2D eigenvalue weighted by molar-refractivity contribution is 0.0697. The number of carboxylic acid groups (broad SMARTS) is 1. The lowest BCUT2D eigenvalue weighted by Gasteiger charge is -2.13. The van der Waals surface area contributed by atoms with Gasteiger partial charge in [0.25, 0.3) is 0 Å². The first-order valence-corrected chi connectivity index (χ1v) is 9.52. The summed E-state index contributed by atoms with van der Waals surface area (Å²) in [6, 6.07) is 18.2. The number of nitrogens with one attached hydrogen (secondary N) is 1. The van der Waals surface area contributed by atoms with Gasteiger partial charge in [-0.25, -0.2) is 22.3 Å². The third-order valence-corrected chi connectivity index (χ3v) is 5.42. The summed E-state index contributed by atoms with van der Waals surface area (Å²) in [6.45, 7) is -0.0665. The molecular formula is C20H16FNO4S. The number of sulfonamides is 1. The van der Waals surface area contributed by atoms with Gasteiger partial charge in [-0.15, -0.1) is 0 Å². The average Bonchev–Trinajstić information content (AvgIpc) is 2.66. The molecule has 0 unspecified atom stereocenters. The summed E-state index contributed by atoms with van der Waals surface area (Å²) in [5.41, 5.74) is 1.83. The van der Waals surface area contributed by atoms with E-state index in [1.165, 1.54) is 18.2 Å². The van der Waals surface area contributed by atoms with Crippen LogP contribution in [0.1, 0.15) is 15.9 Å². The van der Waals surface area contributed by atoms with Crippen LogP contribution in [-0.4, -0.2) is 19.5 Å². The van der Waals surface area contributed by atoms with Gasteiger partial charge >= 0.3 is 5.97 Å². The smallest absolute Gasteiger partial charge is 0.336 e. The van der Waals surface area contributed by atoms with Gasteiger partial charge in [0.2, 0.25) is 10.0 Å². The second-order valence-electron chi connectivity index (χ2n) is 5.79. The number of aromatic carboxylic acids is 1. The molecule has 3 aromatic carbocycles. The van der Waals surface area contributed by atoms with Crippen LogP contribution < -0.4 is 4.72 Å². The van der Waals surface area contributed by atoms with E-state index in [-0.39, 0.29) is 17.0 Å². The Hall–Kier alpha value is -3.03. The van der Waals surface area contributed by atoms with E-state index in [2.05, 4.69) is 4.72 Å². The summed E-state index contributed by atoms with van der Waals surface area (Å²) in [5, 5.41) is 9.40. The first-order chi connectivity index (χ1) is 12.9. The Morgan fingerprint density at radius 3 is 2.30 bits per heavy atom. The van der Waals surface area contributed by atoms with Gasteiger partial charge in [0, 0.05) is 6.54 Å². The maximum absolute atomic E-state index is 13.3. The van der Waals surface area contributed by atoms with Crippen LogP contribution >= 0.6 is 0 Å². The maximum Gasteiger partial charge on any atom is 0.336 e. The Kier molecular flexibility index (Phi) is 5.34. The highest BCUT2D eigenvalue weighted by Crippen LogP contribution is 2.27. The molecule has 0 saturated carbocycles. The van der Waals surface area contributed by atoms with Gasteiger partial charge in [-0.3, -0.25) is 0 Å². The minimum absolute atomic E-state index is 0.0665. The molecule has 0 aliphatic rings. The Balaban J connectivity index is 1.93. The molecule has 0 aromatic heterocycles. The molecule has 0 atom stereocenters. The molecule has 5 nitrogen and oxygen atoms in total. The van der Waals surface area contributed by atoms with Crippen molar-refractivity contribution in [3.63, 3.8) is 0 Å². The van der Waals surface area contributed by atoms with Crippen molar-refractivity contribution >= 4 is 16.0 Å². The molecule has 0 heterocycles. The Morgan fingerprint density at radius 2 is 1.59 bits per heavy atom. The van der Waals surface area contributed by atoms with Crippen molar-refractivity contribution in [2.75, 3.05) is 0 Å². The summed E-state index contributed by atoms with van der Waals surface area (Å²) in [7, 11) is -3.91. The fourth-order valence-corrected chi connectivity index (χ4v) is 3.77. The molecule has 27 heavy (non-hydrogen) atoms. The molecule has 7 heteroatoms. The summed E-state index contributed by atoms with van der Waals surface area (Å²) >= 11 is 0. The second-order valence-corrected chi connectivity index (χ2v) is 7.56. The van der Waals surface area contributed by atoms with E-state index in [0.29, 0.717) is 16.7 Å². The zero-order valence-corrected chi connectivity index (χ0v) is 14.9. The van der Waals surface area contributed by atoms with E-state index >= 15 is 0 Å². The molecule has 0 fully saturated rings. The van der Waals surface area contributed by atoms with Gasteiger partial charge in [-0.05, 0) is 41.0 Å². The molecule has 138 valence electrons. The van der Waals surface area contributed by atoms with Crippen LogP contribution in [0.5, 0.6) is 0 Å². The fourth-order valence-electron chi connectivity index (χ4n) is 2.73. The normalized spacial score (nSPS) is 11.3. The zero-order chi connectivity index (χ0) is 19.4. The molecule has 0 saturated heterocycles. The SMILES string of the molecule is O=C(O)c1ccccc1-c1ccccc1CNS(=O)(=O)c1cccc(F)c1. The van der Waals surface area contributed by atoms with Crippen LogP contribution in [0.3, 0.4) is 0 Å². The van der Waals surface area contributed by atoms with Crippen molar-refractivity contribution in [2.45, 2.75) is 11.4 Å². The highest BCUT2D eigenvalue weighted by atomic mass is 32.2. The highest BCUT2D eigenvalue weighted by molar-refractivity contribution is 7.89. The first kappa shape index (κ1) is 18.8. The lowest BCUT2D eigenvalue weighted by atomic mass is 9.95. The molecule has 0 spiro atoms. The molecule has 0 amide bonds. The van der Waals surface area contributed by atoms with E-state index in [1.54, 1.807) is 42.5 Å². The summed E-state index contributed by atoms with van der Waals surface area (Å²) < 4.78 is 40.6. The van der Waals surface area contributed by atoms with Gasteiger partial charge in [-0.2, -0.15) is 0 Å². The number of halogens is 1. The van der Waals surface area contributed by atoms with Gasteiger partial charge < -0.3 is 5.11 Å². The van der Waals surface area contributed by atoms with Gasteiger partial charge in [0.05, 0.1) is 10.5 Å². The van der Waals surface area contributed by atoms with Gasteiger partial charge in [-0.1, -0.05) is 48.5 Å². The monoisotopic (exact) mass is 385 g/mol. The standard InChI is InChI=1S/C20H16FNO4S/c21-15-7-5-8-16(12-15)27(25,26)22-13-14-6-1-2-9-17(14)18-10-3-4-11-19(18)20(23)24/h1-12,22H,13H2,(H,23,24). The summed E-state index contributed by atoms with van der Waals surface area (Å²) in [5.74, 6) is -1.71. The molecule has 0 radical (unpaired) electrons. The number of benzene rings is 3. The highest BCUT2D eigenvalue weighted by Gasteiger charge is 2.17. The van der Waals surface area contributed by atoms with E-state index < -0.39 is 21.8 Å². The Labute approximate surface area is 156 Å². The number of carboxylic acids is 1. The average molecular weight is 385 g/mol. The largest absolute Gasteiger partial charge is 0.478 e. The molecule has 3 aromatic rings. The van der Waals surface area contributed by atoms with Crippen LogP contribution in [0, 0.1) is 5.82 Å². The molecule has 2 N–H and O–H groups in total. The van der Waals surface area contributed by atoms with E-state index in [9.17, 15) is 22.7 Å². The molecule has 0 aliphatic heterocycles. The molecule has 0 aliphatic carbocycles. The predicted molar refractivity (Wildman–Crippen MR) is 99.3 cm³/mol. The van der Waals surface area contributed by atoms with Gasteiger partial charge in [0.15, 0.2) is 0 Å². The minimum Gasteiger partial charge on any atom is -0.478 e. The van der Waals surface area contributed by atoms with Crippen molar-refractivity contribution in [1.82, 2.24) is 4.72 Å². The third-order valence-electron chi connectivity index (χ3n) is 4.02. The summed E-state index contributed by atoms with van der Waals surface area (Å²) in [4.78, 5) is 11.3.